The summed E-state index contributed by atoms with van der Waals surface area (Å²) in [7, 11) is 0. The maximum Gasteiger partial charge on any atom is 0.311 e. The molecule has 4 rings (SSSR count). The summed E-state index contributed by atoms with van der Waals surface area (Å²) in [6.45, 7) is 6.14. The third-order valence-electron chi connectivity index (χ3n) is 6.41. The monoisotopic (exact) mass is 337 g/mol. The second-order valence-electron chi connectivity index (χ2n) is 8.30. The van der Waals surface area contributed by atoms with Crippen molar-refractivity contribution >= 4 is 5.97 Å². The van der Waals surface area contributed by atoms with Gasteiger partial charge >= 0.3 is 5.97 Å². The number of nitrogens with zero attached hydrogens (tertiary/aromatic N) is 1. The molecule has 0 unspecified atom stereocenters. The summed E-state index contributed by atoms with van der Waals surface area (Å²) in [5.74, 6) is -0.0588. The summed E-state index contributed by atoms with van der Waals surface area (Å²) in [6, 6.07) is 0. The topological polar surface area (TPSA) is 42.1 Å². The second kappa shape index (κ2) is 6.10. The molecule has 0 amide bonds. The Balaban J connectivity index is 1.52. The van der Waals surface area contributed by atoms with Crippen LogP contribution in [0.1, 0.15) is 46.0 Å². The Labute approximate surface area is 143 Å². The zero-order chi connectivity index (χ0) is 16.9. The Morgan fingerprint density at radius 1 is 1.42 bits per heavy atom. The van der Waals surface area contributed by atoms with Crippen LogP contribution in [0.15, 0.2) is 11.6 Å². The van der Waals surface area contributed by atoms with Crippen molar-refractivity contribution in [3.63, 3.8) is 0 Å². The Kier molecular flexibility index (Phi) is 4.20. The van der Waals surface area contributed by atoms with Gasteiger partial charge in [-0.2, -0.15) is 0 Å². The van der Waals surface area contributed by atoms with E-state index in [4.69, 9.17) is 9.47 Å². The molecule has 3 aliphatic heterocycles. The lowest BCUT2D eigenvalue weighted by Gasteiger charge is -2.25. The molecule has 6 atom stereocenters. The molecule has 3 heterocycles. The van der Waals surface area contributed by atoms with Crippen molar-refractivity contribution in [3.05, 3.63) is 11.6 Å². The first kappa shape index (κ1) is 16.5. The van der Waals surface area contributed by atoms with Crippen molar-refractivity contribution in [2.24, 2.45) is 11.8 Å². The fourth-order valence-corrected chi connectivity index (χ4v) is 4.78. The summed E-state index contributed by atoms with van der Waals surface area (Å²) in [4.78, 5) is 14.6. The van der Waals surface area contributed by atoms with E-state index in [1.807, 2.05) is 0 Å². The highest BCUT2D eigenvalue weighted by Crippen LogP contribution is 2.50. The summed E-state index contributed by atoms with van der Waals surface area (Å²) in [5, 5.41) is 0. The molecular weight excluding hydrogens is 309 g/mol. The summed E-state index contributed by atoms with van der Waals surface area (Å²) in [5.41, 5.74) is 1.24. The van der Waals surface area contributed by atoms with Crippen LogP contribution in [0.2, 0.25) is 0 Å². The highest BCUT2D eigenvalue weighted by Gasteiger charge is 2.62. The zero-order valence-electron chi connectivity index (χ0n) is 14.7. The SMILES string of the molecule is CC1=CCC[C@@]2(C)O[C@@H]2[C@H]2OC(=O)[C@@H](CN3CC[C@@H](F)C3)[C@@H]2CC1. The number of carbonyl (C=O) groups is 1. The van der Waals surface area contributed by atoms with Crippen LogP contribution < -0.4 is 0 Å². The number of hydrogen-bond acceptors (Lipinski definition) is 4. The van der Waals surface area contributed by atoms with Crippen molar-refractivity contribution in [2.75, 3.05) is 19.6 Å². The van der Waals surface area contributed by atoms with Gasteiger partial charge in [-0.15, -0.1) is 0 Å². The van der Waals surface area contributed by atoms with Gasteiger partial charge in [0.25, 0.3) is 0 Å². The number of hydrogen-bond donors (Lipinski definition) is 0. The minimum Gasteiger partial charge on any atom is -0.459 e. The lowest BCUT2D eigenvalue weighted by molar-refractivity contribution is -0.145. The van der Waals surface area contributed by atoms with Crippen molar-refractivity contribution < 1.29 is 18.7 Å². The van der Waals surface area contributed by atoms with Gasteiger partial charge in [-0.25, -0.2) is 4.39 Å². The van der Waals surface area contributed by atoms with E-state index in [0.717, 1.165) is 32.2 Å². The van der Waals surface area contributed by atoms with Crippen LogP contribution in [-0.2, 0) is 14.3 Å². The van der Waals surface area contributed by atoms with E-state index in [1.165, 1.54) is 5.57 Å². The zero-order valence-corrected chi connectivity index (χ0v) is 14.7. The summed E-state index contributed by atoms with van der Waals surface area (Å²) < 4.78 is 25.3. The molecule has 24 heavy (non-hydrogen) atoms. The van der Waals surface area contributed by atoms with Gasteiger partial charge in [-0.3, -0.25) is 9.69 Å². The van der Waals surface area contributed by atoms with Crippen molar-refractivity contribution in [1.82, 2.24) is 4.90 Å². The highest BCUT2D eigenvalue weighted by atomic mass is 19.1. The van der Waals surface area contributed by atoms with Crippen molar-refractivity contribution in [1.29, 1.82) is 0 Å². The van der Waals surface area contributed by atoms with Gasteiger partial charge < -0.3 is 9.47 Å². The van der Waals surface area contributed by atoms with Crippen LogP contribution in [0.3, 0.4) is 0 Å². The van der Waals surface area contributed by atoms with Crippen LogP contribution in [0.4, 0.5) is 4.39 Å². The van der Waals surface area contributed by atoms with Gasteiger partial charge in [0.05, 0.1) is 11.5 Å². The number of alkyl halides is 1. The van der Waals surface area contributed by atoms with Gasteiger partial charge in [-0.1, -0.05) is 11.6 Å². The van der Waals surface area contributed by atoms with Crippen molar-refractivity contribution in [3.8, 4) is 0 Å². The minimum absolute atomic E-state index is 0.0377. The molecule has 4 nitrogen and oxygen atoms in total. The fraction of sp³-hybridized carbons (Fsp3) is 0.842. The van der Waals surface area contributed by atoms with Crippen LogP contribution in [0.5, 0.6) is 0 Å². The predicted octanol–water partition coefficient (Wildman–Crippen LogP) is 2.87. The molecule has 0 radical (unpaired) electrons. The maximum absolute atomic E-state index is 13.5. The highest BCUT2D eigenvalue weighted by molar-refractivity contribution is 5.75. The quantitative estimate of drug-likeness (QED) is 0.441. The number of rotatable bonds is 2. The largest absolute Gasteiger partial charge is 0.459 e. The normalized spacial score (nSPS) is 46.0. The second-order valence-corrected chi connectivity index (χ2v) is 8.30. The molecule has 0 aromatic rings. The first-order valence-electron chi connectivity index (χ1n) is 9.37. The molecule has 4 aliphatic rings. The molecular formula is C19H28FNO3. The molecule has 0 bridgehead atoms. The number of fused-ring (bicyclic) bond motifs is 3. The van der Waals surface area contributed by atoms with Crippen LogP contribution in [-0.4, -0.2) is 54.5 Å². The van der Waals surface area contributed by atoms with E-state index in [0.29, 0.717) is 19.5 Å². The molecule has 0 saturated carbocycles. The van der Waals surface area contributed by atoms with Gasteiger partial charge in [0.1, 0.15) is 18.4 Å². The van der Waals surface area contributed by atoms with Crippen LogP contribution in [0.25, 0.3) is 0 Å². The molecule has 0 aromatic carbocycles. The van der Waals surface area contributed by atoms with Crippen molar-refractivity contribution in [2.45, 2.75) is 69.9 Å². The Morgan fingerprint density at radius 3 is 3.00 bits per heavy atom. The summed E-state index contributed by atoms with van der Waals surface area (Å²) >= 11 is 0. The van der Waals surface area contributed by atoms with Gasteiger partial charge in [0.15, 0.2) is 0 Å². The number of likely N-dealkylation sites (tertiary alicyclic amines) is 1. The fourth-order valence-electron chi connectivity index (χ4n) is 4.78. The molecule has 3 saturated heterocycles. The lowest BCUT2D eigenvalue weighted by Crippen LogP contribution is -2.36. The smallest absolute Gasteiger partial charge is 0.311 e. The van der Waals surface area contributed by atoms with Crippen LogP contribution in [0, 0.1) is 11.8 Å². The summed E-state index contributed by atoms with van der Waals surface area (Å²) in [6.07, 6.45) is 6.03. The first-order valence-corrected chi connectivity index (χ1v) is 9.37. The average Bonchev–Trinajstić information content (AvgIpc) is 2.85. The number of epoxide rings is 1. The molecule has 0 N–H and O–H groups in total. The minimum atomic E-state index is -0.748. The van der Waals surface area contributed by atoms with E-state index < -0.39 is 6.17 Å². The van der Waals surface area contributed by atoms with Gasteiger partial charge in [0.2, 0.25) is 0 Å². The molecule has 3 fully saturated rings. The van der Waals surface area contributed by atoms with E-state index >= 15 is 0 Å². The van der Waals surface area contributed by atoms with E-state index in [-0.39, 0.29) is 35.6 Å². The predicted molar refractivity (Wildman–Crippen MR) is 88.3 cm³/mol. The molecule has 1 aliphatic carbocycles. The van der Waals surface area contributed by atoms with E-state index in [9.17, 15) is 9.18 Å². The molecule has 0 aromatic heterocycles. The lowest BCUT2D eigenvalue weighted by atomic mass is 9.80. The molecule has 5 heteroatoms. The van der Waals surface area contributed by atoms with Crippen LogP contribution >= 0.6 is 0 Å². The average molecular weight is 337 g/mol. The van der Waals surface area contributed by atoms with E-state index in [1.54, 1.807) is 0 Å². The third-order valence-corrected chi connectivity index (χ3v) is 6.41. The third kappa shape index (κ3) is 3.01. The number of esters is 1. The molecule has 134 valence electrons. The maximum atomic E-state index is 13.5. The first-order chi connectivity index (χ1) is 11.5. The number of allylic oxidation sites excluding steroid dienone is 2. The van der Waals surface area contributed by atoms with Gasteiger partial charge in [-0.05, 0) is 46.0 Å². The number of ether oxygens (including phenoxy) is 2. The molecule has 0 spiro atoms. The Morgan fingerprint density at radius 2 is 2.25 bits per heavy atom. The Bertz CT molecular complexity index is 551. The Hall–Kier alpha value is -0.940. The van der Waals surface area contributed by atoms with E-state index in [2.05, 4.69) is 24.8 Å². The standard InChI is InChI=1S/C19H28FNO3/c1-12-4-3-8-19(2)17(24-19)16-14(6-5-12)15(18(22)23-16)11-21-9-7-13(20)10-21/h4,13-17H,3,5-11H2,1-2H3/t13-,14+,15+,16+,17-,19-/m1/s1. The number of halogens is 1. The number of carbonyl (C=O) groups excluding carboxylic acids is 1. The van der Waals surface area contributed by atoms with Gasteiger partial charge in [0, 0.05) is 25.6 Å².